The molecular formula is C15H15NO4S. The molecule has 21 heavy (non-hydrogen) atoms. The molecule has 0 saturated carbocycles. The predicted molar refractivity (Wildman–Crippen MR) is 81.4 cm³/mol. The van der Waals surface area contributed by atoms with E-state index in [4.69, 9.17) is 9.15 Å². The van der Waals surface area contributed by atoms with Crippen molar-refractivity contribution < 1.29 is 13.9 Å². The van der Waals surface area contributed by atoms with Crippen molar-refractivity contribution in [3.05, 3.63) is 45.8 Å². The minimum absolute atomic E-state index is 0.0598. The van der Waals surface area contributed by atoms with Crippen molar-refractivity contribution in [2.45, 2.75) is 18.3 Å². The lowest BCUT2D eigenvalue weighted by Crippen LogP contribution is -2.35. The van der Waals surface area contributed by atoms with Crippen LogP contribution in [0.25, 0.3) is 11.0 Å². The topological polar surface area (TPSA) is 68.5 Å². The lowest BCUT2D eigenvalue weighted by Gasteiger charge is -2.11. The number of benzene rings is 1. The monoisotopic (exact) mass is 305 g/mol. The Kier molecular flexibility index (Phi) is 3.73. The van der Waals surface area contributed by atoms with Crippen LogP contribution >= 0.6 is 11.8 Å². The van der Waals surface area contributed by atoms with E-state index in [-0.39, 0.29) is 16.8 Å². The quantitative estimate of drug-likeness (QED) is 0.856. The Hall–Kier alpha value is -1.79. The van der Waals surface area contributed by atoms with E-state index in [0.717, 1.165) is 5.56 Å². The minimum atomic E-state index is -0.391. The number of hydrogen-bond donors (Lipinski definition) is 1. The molecule has 1 saturated heterocycles. The largest absolute Gasteiger partial charge is 0.468 e. The van der Waals surface area contributed by atoms with Gasteiger partial charge < -0.3 is 9.15 Å². The lowest BCUT2D eigenvalue weighted by molar-refractivity contribution is -0.142. The number of aryl methyl sites for hydroxylation is 1. The molecule has 5 nitrogen and oxygen atoms in total. The number of methoxy groups -OCH3 is 1. The van der Waals surface area contributed by atoms with Gasteiger partial charge in [0.25, 0.3) is 0 Å². The van der Waals surface area contributed by atoms with Gasteiger partial charge in [0.05, 0.1) is 23.4 Å². The molecule has 3 rings (SSSR count). The maximum absolute atomic E-state index is 12.6. The van der Waals surface area contributed by atoms with Crippen LogP contribution in [0.5, 0.6) is 0 Å². The Morgan fingerprint density at radius 2 is 2.29 bits per heavy atom. The smallest absolute Gasteiger partial charge is 0.323 e. The average molecular weight is 305 g/mol. The van der Waals surface area contributed by atoms with Crippen LogP contribution in [0.15, 0.2) is 33.7 Å². The zero-order valence-corrected chi connectivity index (χ0v) is 12.5. The molecule has 1 aromatic carbocycles. The second-order valence-corrected chi connectivity index (χ2v) is 6.11. The van der Waals surface area contributed by atoms with Crippen molar-refractivity contribution in [2.24, 2.45) is 0 Å². The van der Waals surface area contributed by atoms with E-state index in [2.05, 4.69) is 5.32 Å². The first-order valence-electron chi connectivity index (χ1n) is 6.57. The number of hydrogen-bond acceptors (Lipinski definition) is 6. The van der Waals surface area contributed by atoms with Crippen LogP contribution in [0.3, 0.4) is 0 Å². The van der Waals surface area contributed by atoms with Gasteiger partial charge in [-0.2, -0.15) is 0 Å². The molecule has 0 aliphatic carbocycles. The van der Waals surface area contributed by atoms with Gasteiger partial charge in [-0.25, -0.2) is 0 Å². The van der Waals surface area contributed by atoms with Crippen molar-refractivity contribution in [1.29, 1.82) is 0 Å². The van der Waals surface area contributed by atoms with Crippen molar-refractivity contribution in [3.8, 4) is 0 Å². The van der Waals surface area contributed by atoms with Crippen LogP contribution in [0.1, 0.15) is 16.5 Å². The van der Waals surface area contributed by atoms with Gasteiger partial charge in [0.1, 0.15) is 17.9 Å². The zero-order valence-electron chi connectivity index (χ0n) is 11.7. The van der Waals surface area contributed by atoms with Gasteiger partial charge >= 0.3 is 5.97 Å². The number of nitrogens with one attached hydrogen (secondary N) is 1. The highest BCUT2D eigenvalue weighted by molar-refractivity contribution is 7.99. The molecule has 2 unspecified atom stereocenters. The molecule has 2 heterocycles. The molecule has 1 aromatic heterocycles. The summed E-state index contributed by atoms with van der Waals surface area (Å²) >= 11 is 1.50. The first-order valence-corrected chi connectivity index (χ1v) is 7.62. The number of carbonyl (C=O) groups excluding carboxylic acids is 1. The Balaban J connectivity index is 1.97. The molecule has 0 spiro atoms. The zero-order chi connectivity index (χ0) is 15.0. The van der Waals surface area contributed by atoms with E-state index in [1.165, 1.54) is 25.1 Å². The van der Waals surface area contributed by atoms with Crippen LogP contribution in [0.4, 0.5) is 0 Å². The first-order chi connectivity index (χ1) is 10.1. The van der Waals surface area contributed by atoms with Gasteiger partial charge in [-0.05, 0) is 19.1 Å². The highest BCUT2D eigenvalue weighted by atomic mass is 32.2. The number of esters is 1. The highest BCUT2D eigenvalue weighted by Crippen LogP contribution is 2.32. The van der Waals surface area contributed by atoms with Gasteiger partial charge in [-0.3, -0.25) is 14.9 Å². The summed E-state index contributed by atoms with van der Waals surface area (Å²) in [5.74, 6) is 0.258. The Bertz CT molecular complexity index is 755. The number of thioether (sulfide) groups is 1. The van der Waals surface area contributed by atoms with Gasteiger partial charge in [0.15, 0.2) is 5.43 Å². The molecular weight excluding hydrogens is 290 g/mol. The van der Waals surface area contributed by atoms with Gasteiger partial charge in [0, 0.05) is 5.75 Å². The molecule has 1 fully saturated rings. The van der Waals surface area contributed by atoms with Crippen molar-refractivity contribution in [3.63, 3.8) is 0 Å². The summed E-state index contributed by atoms with van der Waals surface area (Å²) in [5, 5.41) is 3.42. The Labute approximate surface area is 125 Å². The van der Waals surface area contributed by atoms with E-state index in [1.807, 2.05) is 19.1 Å². The lowest BCUT2D eigenvalue weighted by atomic mass is 10.1. The van der Waals surface area contributed by atoms with E-state index < -0.39 is 6.04 Å². The first kappa shape index (κ1) is 14.2. The molecule has 1 N–H and O–H groups in total. The number of rotatable bonds is 2. The molecule has 1 aliphatic rings. The summed E-state index contributed by atoms with van der Waals surface area (Å²) in [6, 6.07) is 5.13. The normalized spacial score (nSPS) is 21.6. The van der Waals surface area contributed by atoms with Crippen LogP contribution in [0, 0.1) is 6.92 Å². The second kappa shape index (κ2) is 5.54. The van der Waals surface area contributed by atoms with Crippen molar-refractivity contribution in [2.75, 3.05) is 12.9 Å². The summed E-state index contributed by atoms with van der Waals surface area (Å²) in [6.45, 7) is 1.93. The van der Waals surface area contributed by atoms with E-state index in [9.17, 15) is 9.59 Å². The minimum Gasteiger partial charge on any atom is -0.468 e. The molecule has 0 radical (unpaired) electrons. The fourth-order valence-electron chi connectivity index (χ4n) is 2.37. The third kappa shape index (κ3) is 2.56. The van der Waals surface area contributed by atoms with Gasteiger partial charge in [-0.1, -0.05) is 11.6 Å². The molecule has 2 atom stereocenters. The molecule has 1 aliphatic heterocycles. The third-order valence-corrected chi connectivity index (χ3v) is 4.75. The van der Waals surface area contributed by atoms with Crippen LogP contribution in [-0.2, 0) is 9.53 Å². The summed E-state index contributed by atoms with van der Waals surface area (Å²) in [5.41, 5.74) is 2.05. The number of fused-ring (bicyclic) bond motifs is 1. The average Bonchev–Trinajstić information content (AvgIpc) is 2.97. The Morgan fingerprint density at radius 1 is 1.48 bits per heavy atom. The highest BCUT2D eigenvalue weighted by Gasteiger charge is 2.33. The molecule has 0 bridgehead atoms. The van der Waals surface area contributed by atoms with Gasteiger partial charge in [-0.15, -0.1) is 11.8 Å². The fraction of sp³-hybridized carbons (Fsp3) is 0.333. The van der Waals surface area contributed by atoms with Crippen molar-refractivity contribution >= 4 is 28.7 Å². The number of ether oxygens (including phenoxy) is 1. The predicted octanol–water partition coefficient (Wildman–Crippen LogP) is 1.98. The second-order valence-electron chi connectivity index (χ2n) is 4.98. The molecule has 2 aromatic rings. The molecule has 110 valence electrons. The molecule has 0 amide bonds. The molecule has 6 heteroatoms. The van der Waals surface area contributed by atoms with Crippen molar-refractivity contribution in [1.82, 2.24) is 5.32 Å². The SMILES string of the molecule is COC(=O)C1CSC(c2coc3ccc(C)cc3c2=O)N1. The van der Waals surface area contributed by atoms with Crippen LogP contribution < -0.4 is 10.7 Å². The van der Waals surface area contributed by atoms with Gasteiger partial charge in [0.2, 0.25) is 0 Å². The Morgan fingerprint density at radius 3 is 3.05 bits per heavy atom. The third-order valence-electron chi connectivity index (χ3n) is 3.51. The van der Waals surface area contributed by atoms with Crippen LogP contribution in [-0.4, -0.2) is 24.9 Å². The van der Waals surface area contributed by atoms with Crippen LogP contribution in [0.2, 0.25) is 0 Å². The van der Waals surface area contributed by atoms with E-state index >= 15 is 0 Å². The van der Waals surface area contributed by atoms with E-state index in [0.29, 0.717) is 22.3 Å². The maximum Gasteiger partial charge on any atom is 0.323 e. The number of carbonyl (C=O) groups is 1. The summed E-state index contributed by atoms with van der Waals surface area (Å²) in [6.07, 6.45) is 1.48. The fourth-order valence-corrected chi connectivity index (χ4v) is 3.59. The standard InChI is InChI=1S/C15H15NO4S/c1-8-3-4-12-9(5-8)13(17)10(6-20-12)14-16-11(7-21-14)15(18)19-2/h3-6,11,14,16H,7H2,1-2H3. The summed E-state index contributed by atoms with van der Waals surface area (Å²) in [4.78, 5) is 24.1. The summed E-state index contributed by atoms with van der Waals surface area (Å²) in [7, 11) is 1.36. The van der Waals surface area contributed by atoms with E-state index in [1.54, 1.807) is 6.07 Å². The maximum atomic E-state index is 12.6. The summed E-state index contributed by atoms with van der Waals surface area (Å²) < 4.78 is 10.3.